The first-order chi connectivity index (χ1) is 9.24. The van der Waals surface area contributed by atoms with E-state index in [2.05, 4.69) is 14.9 Å². The standard InChI is InChI=1S/C14H17N3O2/c18-14(19)10-4-3-5-11-13(10)16-12(15-11)6-9-17-7-1-2-8-17/h3-5H,1-2,6-9H2,(H,15,16)(H,18,19). The molecule has 0 unspecified atom stereocenters. The SMILES string of the molecule is O=C(O)c1cccc2[nH]c(CCN3CCCC3)nc12. The number of para-hydroxylation sites is 1. The number of carbonyl (C=O) groups is 1. The van der Waals surface area contributed by atoms with Crippen LogP contribution in [-0.2, 0) is 6.42 Å². The number of nitrogens with zero attached hydrogens (tertiary/aromatic N) is 2. The Labute approximate surface area is 111 Å². The molecule has 0 radical (unpaired) electrons. The van der Waals surface area contributed by atoms with Gasteiger partial charge in [0.25, 0.3) is 0 Å². The molecule has 2 heterocycles. The summed E-state index contributed by atoms with van der Waals surface area (Å²) in [6, 6.07) is 5.21. The van der Waals surface area contributed by atoms with E-state index in [1.165, 1.54) is 25.9 Å². The average Bonchev–Trinajstić information content (AvgIpc) is 3.04. The zero-order chi connectivity index (χ0) is 13.2. The molecule has 1 saturated heterocycles. The Bertz CT molecular complexity index is 600. The first-order valence-corrected chi connectivity index (χ1v) is 6.67. The molecular formula is C14H17N3O2. The quantitative estimate of drug-likeness (QED) is 0.880. The number of benzene rings is 1. The van der Waals surface area contributed by atoms with Gasteiger partial charge in [0.2, 0.25) is 0 Å². The number of rotatable bonds is 4. The number of carboxylic acid groups (broad SMARTS) is 1. The second-order valence-corrected chi connectivity index (χ2v) is 4.99. The van der Waals surface area contributed by atoms with Crippen molar-refractivity contribution < 1.29 is 9.90 Å². The van der Waals surface area contributed by atoms with E-state index in [1.807, 2.05) is 6.07 Å². The second-order valence-electron chi connectivity index (χ2n) is 4.99. The number of hydrogen-bond acceptors (Lipinski definition) is 3. The molecule has 1 aliphatic rings. The molecule has 2 aromatic rings. The van der Waals surface area contributed by atoms with Crippen molar-refractivity contribution in [1.82, 2.24) is 14.9 Å². The lowest BCUT2D eigenvalue weighted by atomic mass is 10.2. The van der Waals surface area contributed by atoms with Gasteiger partial charge >= 0.3 is 5.97 Å². The highest BCUT2D eigenvalue weighted by atomic mass is 16.4. The van der Waals surface area contributed by atoms with E-state index >= 15 is 0 Å². The lowest BCUT2D eigenvalue weighted by molar-refractivity contribution is 0.0699. The minimum atomic E-state index is -0.928. The number of nitrogens with one attached hydrogen (secondary N) is 1. The summed E-state index contributed by atoms with van der Waals surface area (Å²) in [6.45, 7) is 3.32. The summed E-state index contributed by atoms with van der Waals surface area (Å²) >= 11 is 0. The summed E-state index contributed by atoms with van der Waals surface area (Å²) < 4.78 is 0. The predicted molar refractivity (Wildman–Crippen MR) is 72.4 cm³/mol. The Hall–Kier alpha value is -1.88. The van der Waals surface area contributed by atoms with Gasteiger partial charge in [0, 0.05) is 13.0 Å². The lowest BCUT2D eigenvalue weighted by Gasteiger charge is -2.12. The maximum absolute atomic E-state index is 11.1. The normalized spacial score (nSPS) is 16.2. The van der Waals surface area contributed by atoms with Gasteiger partial charge in [-0.05, 0) is 38.1 Å². The summed E-state index contributed by atoms with van der Waals surface area (Å²) in [6.07, 6.45) is 3.40. The van der Waals surface area contributed by atoms with E-state index in [1.54, 1.807) is 12.1 Å². The number of hydrogen-bond donors (Lipinski definition) is 2. The van der Waals surface area contributed by atoms with E-state index in [9.17, 15) is 4.79 Å². The minimum Gasteiger partial charge on any atom is -0.478 e. The monoisotopic (exact) mass is 259 g/mol. The summed E-state index contributed by atoms with van der Waals surface area (Å²) in [5.74, 6) is -0.0567. The van der Waals surface area contributed by atoms with Gasteiger partial charge in [0.1, 0.15) is 11.3 Å². The number of aromatic nitrogens is 2. The highest BCUT2D eigenvalue weighted by molar-refractivity contribution is 6.00. The zero-order valence-electron chi connectivity index (χ0n) is 10.7. The summed E-state index contributed by atoms with van der Waals surface area (Å²) in [5.41, 5.74) is 1.63. The Morgan fingerprint density at radius 1 is 1.37 bits per heavy atom. The van der Waals surface area contributed by atoms with Crippen LogP contribution in [0.4, 0.5) is 0 Å². The molecular weight excluding hydrogens is 242 g/mol. The summed E-state index contributed by atoms with van der Waals surface area (Å²) in [7, 11) is 0. The summed E-state index contributed by atoms with van der Waals surface area (Å²) in [5, 5.41) is 9.13. The van der Waals surface area contributed by atoms with Crippen molar-refractivity contribution >= 4 is 17.0 Å². The van der Waals surface area contributed by atoms with Crippen molar-refractivity contribution in [1.29, 1.82) is 0 Å². The van der Waals surface area contributed by atoms with Crippen LogP contribution in [0, 0.1) is 0 Å². The van der Waals surface area contributed by atoms with Gasteiger partial charge in [0.05, 0.1) is 11.1 Å². The molecule has 0 spiro atoms. The van der Waals surface area contributed by atoms with Crippen LogP contribution in [0.3, 0.4) is 0 Å². The van der Waals surface area contributed by atoms with Crippen LogP contribution in [-0.4, -0.2) is 45.6 Å². The van der Waals surface area contributed by atoms with Gasteiger partial charge in [-0.25, -0.2) is 9.78 Å². The molecule has 0 atom stereocenters. The highest BCUT2D eigenvalue weighted by Crippen LogP contribution is 2.17. The van der Waals surface area contributed by atoms with E-state index < -0.39 is 5.97 Å². The van der Waals surface area contributed by atoms with E-state index in [-0.39, 0.29) is 5.56 Å². The maximum atomic E-state index is 11.1. The maximum Gasteiger partial charge on any atom is 0.337 e. The van der Waals surface area contributed by atoms with Crippen molar-refractivity contribution in [3.05, 3.63) is 29.6 Å². The molecule has 1 aromatic carbocycles. The smallest absolute Gasteiger partial charge is 0.337 e. The number of aromatic amines is 1. The lowest BCUT2D eigenvalue weighted by Crippen LogP contribution is -2.22. The van der Waals surface area contributed by atoms with Crippen molar-refractivity contribution in [2.75, 3.05) is 19.6 Å². The number of fused-ring (bicyclic) bond motifs is 1. The largest absolute Gasteiger partial charge is 0.478 e. The number of carboxylic acids is 1. The highest BCUT2D eigenvalue weighted by Gasteiger charge is 2.14. The third kappa shape index (κ3) is 2.46. The van der Waals surface area contributed by atoms with Crippen LogP contribution >= 0.6 is 0 Å². The molecule has 3 rings (SSSR count). The Balaban J connectivity index is 1.80. The van der Waals surface area contributed by atoms with Gasteiger partial charge in [-0.15, -0.1) is 0 Å². The van der Waals surface area contributed by atoms with Gasteiger partial charge in [-0.1, -0.05) is 6.07 Å². The topological polar surface area (TPSA) is 69.2 Å². The van der Waals surface area contributed by atoms with Crippen molar-refractivity contribution in [2.45, 2.75) is 19.3 Å². The Morgan fingerprint density at radius 3 is 2.89 bits per heavy atom. The van der Waals surface area contributed by atoms with Gasteiger partial charge in [-0.2, -0.15) is 0 Å². The van der Waals surface area contributed by atoms with Crippen molar-refractivity contribution in [3.63, 3.8) is 0 Å². The molecule has 5 heteroatoms. The van der Waals surface area contributed by atoms with E-state index in [0.717, 1.165) is 24.3 Å². The number of likely N-dealkylation sites (tertiary alicyclic amines) is 1. The molecule has 5 nitrogen and oxygen atoms in total. The van der Waals surface area contributed by atoms with Gasteiger partial charge in [0.15, 0.2) is 0 Å². The molecule has 1 aliphatic heterocycles. The third-order valence-electron chi connectivity index (χ3n) is 3.66. The molecule has 0 aliphatic carbocycles. The fraction of sp³-hybridized carbons (Fsp3) is 0.429. The first-order valence-electron chi connectivity index (χ1n) is 6.67. The van der Waals surface area contributed by atoms with E-state index in [4.69, 9.17) is 5.11 Å². The fourth-order valence-corrected chi connectivity index (χ4v) is 2.64. The number of imidazole rings is 1. The number of H-pyrrole nitrogens is 1. The van der Waals surface area contributed by atoms with Crippen LogP contribution < -0.4 is 0 Å². The Kier molecular flexibility index (Phi) is 3.21. The second kappa shape index (κ2) is 5.01. The molecule has 2 N–H and O–H groups in total. The van der Waals surface area contributed by atoms with Gasteiger partial charge < -0.3 is 15.0 Å². The van der Waals surface area contributed by atoms with Gasteiger partial charge in [-0.3, -0.25) is 0 Å². The van der Waals surface area contributed by atoms with Crippen LogP contribution in [0.15, 0.2) is 18.2 Å². The Morgan fingerprint density at radius 2 is 2.16 bits per heavy atom. The molecule has 1 fully saturated rings. The number of aromatic carboxylic acids is 1. The van der Waals surface area contributed by atoms with Crippen LogP contribution in [0.1, 0.15) is 29.0 Å². The minimum absolute atomic E-state index is 0.265. The molecule has 1 aromatic heterocycles. The first kappa shape index (κ1) is 12.2. The van der Waals surface area contributed by atoms with Crippen molar-refractivity contribution in [2.24, 2.45) is 0 Å². The average molecular weight is 259 g/mol. The van der Waals surface area contributed by atoms with E-state index in [0.29, 0.717) is 5.52 Å². The third-order valence-corrected chi connectivity index (χ3v) is 3.66. The fourth-order valence-electron chi connectivity index (χ4n) is 2.64. The summed E-state index contributed by atoms with van der Waals surface area (Å²) in [4.78, 5) is 21.2. The van der Waals surface area contributed by atoms with Crippen LogP contribution in [0.2, 0.25) is 0 Å². The zero-order valence-corrected chi connectivity index (χ0v) is 10.7. The van der Waals surface area contributed by atoms with Crippen LogP contribution in [0.5, 0.6) is 0 Å². The molecule has 19 heavy (non-hydrogen) atoms. The predicted octanol–water partition coefficient (Wildman–Crippen LogP) is 1.90. The van der Waals surface area contributed by atoms with Crippen LogP contribution in [0.25, 0.3) is 11.0 Å². The molecule has 0 saturated carbocycles. The van der Waals surface area contributed by atoms with Crippen molar-refractivity contribution in [3.8, 4) is 0 Å². The molecule has 0 bridgehead atoms. The molecule has 100 valence electrons. The molecule has 0 amide bonds.